The lowest BCUT2D eigenvalue weighted by molar-refractivity contribution is 0.102. The average molecular weight is 518 g/mol. The Hall–Kier alpha value is -5.11. The minimum atomic E-state index is -0.272. The van der Waals surface area contributed by atoms with Crippen LogP contribution in [0.2, 0.25) is 0 Å². The van der Waals surface area contributed by atoms with Gasteiger partial charge >= 0.3 is 0 Å². The van der Waals surface area contributed by atoms with Gasteiger partial charge in [0, 0.05) is 29.9 Å². The number of nitrogens with zero attached hydrogens (tertiary/aromatic N) is 4. The summed E-state index contributed by atoms with van der Waals surface area (Å²) in [6.07, 6.45) is 3.81. The number of benzene rings is 3. The number of aromatic nitrogens is 4. The molecule has 39 heavy (non-hydrogen) atoms. The van der Waals surface area contributed by atoms with E-state index < -0.39 is 0 Å². The maximum atomic E-state index is 13.1. The van der Waals surface area contributed by atoms with E-state index in [1.807, 2.05) is 74.5 Å². The zero-order valence-corrected chi connectivity index (χ0v) is 21.7. The minimum absolute atomic E-state index is 0.272. The summed E-state index contributed by atoms with van der Waals surface area (Å²) in [6.45, 7) is 4.33. The highest BCUT2D eigenvalue weighted by Crippen LogP contribution is 2.31. The van der Waals surface area contributed by atoms with Crippen LogP contribution >= 0.6 is 0 Å². The van der Waals surface area contributed by atoms with E-state index >= 15 is 0 Å². The van der Waals surface area contributed by atoms with Crippen LogP contribution in [0.4, 0.5) is 5.69 Å². The first-order valence-electron chi connectivity index (χ1n) is 12.6. The molecule has 2 aromatic heterocycles. The molecule has 1 N–H and O–H groups in total. The molecule has 0 atom stereocenters. The fourth-order valence-electron chi connectivity index (χ4n) is 3.84. The fourth-order valence-corrected chi connectivity index (χ4v) is 3.84. The highest BCUT2D eigenvalue weighted by atomic mass is 16.5. The van der Waals surface area contributed by atoms with E-state index in [0.29, 0.717) is 58.9 Å². The topological polar surface area (TPSA) is 99.1 Å². The maximum Gasteiger partial charge on any atom is 0.255 e. The van der Waals surface area contributed by atoms with Crippen LogP contribution in [0.3, 0.4) is 0 Å². The van der Waals surface area contributed by atoms with Gasteiger partial charge in [0.25, 0.3) is 5.91 Å². The van der Waals surface area contributed by atoms with Gasteiger partial charge in [-0.25, -0.2) is 19.9 Å². The van der Waals surface area contributed by atoms with E-state index in [4.69, 9.17) is 9.47 Å². The second-order valence-electron chi connectivity index (χ2n) is 8.77. The number of pyridine rings is 1. The number of nitrogens with one attached hydrogen (secondary N) is 1. The maximum absolute atomic E-state index is 13.1. The lowest BCUT2D eigenvalue weighted by Gasteiger charge is -2.13. The predicted molar refractivity (Wildman–Crippen MR) is 149 cm³/mol. The second-order valence-corrected chi connectivity index (χ2v) is 8.77. The highest BCUT2D eigenvalue weighted by molar-refractivity contribution is 6.04. The lowest BCUT2D eigenvalue weighted by atomic mass is 10.1. The van der Waals surface area contributed by atoms with Crippen LogP contribution in [0.15, 0.2) is 97.5 Å². The molecule has 0 aliphatic heterocycles. The number of carbonyl (C=O) groups is 1. The Kier molecular flexibility index (Phi) is 7.83. The van der Waals surface area contributed by atoms with Gasteiger partial charge in [0.15, 0.2) is 5.82 Å². The van der Waals surface area contributed by atoms with Crippen LogP contribution in [0.5, 0.6) is 17.4 Å². The molecule has 8 heteroatoms. The van der Waals surface area contributed by atoms with E-state index in [0.717, 1.165) is 11.1 Å². The quantitative estimate of drug-likeness (QED) is 0.241. The third kappa shape index (κ3) is 6.42. The van der Waals surface area contributed by atoms with E-state index in [9.17, 15) is 4.79 Å². The van der Waals surface area contributed by atoms with Crippen molar-refractivity contribution in [2.24, 2.45) is 0 Å². The smallest absolute Gasteiger partial charge is 0.255 e. The van der Waals surface area contributed by atoms with E-state index in [-0.39, 0.29) is 5.91 Å². The Balaban J connectivity index is 1.32. The van der Waals surface area contributed by atoms with Crippen molar-refractivity contribution in [3.05, 3.63) is 120 Å². The fraction of sp³-hybridized carbons (Fsp3) is 0.129. The van der Waals surface area contributed by atoms with Crippen LogP contribution in [-0.2, 0) is 13.0 Å². The molecule has 194 valence electrons. The van der Waals surface area contributed by atoms with Crippen LogP contribution in [-0.4, -0.2) is 25.8 Å². The van der Waals surface area contributed by atoms with Crippen molar-refractivity contribution in [2.45, 2.75) is 26.9 Å². The SMILES string of the molecule is CCc1ncnc(-c2cccnc2Oc2cc(C(=O)Nc3cccc(OCc4ccccc4)c3)ccc2C)n1. The van der Waals surface area contributed by atoms with E-state index in [1.54, 1.807) is 30.5 Å². The Bertz CT molecular complexity index is 1590. The second kappa shape index (κ2) is 12.0. The van der Waals surface area contributed by atoms with Gasteiger partial charge in [0.2, 0.25) is 5.88 Å². The number of hydrogen-bond donors (Lipinski definition) is 1. The van der Waals surface area contributed by atoms with Gasteiger partial charge in [0.05, 0.1) is 5.56 Å². The van der Waals surface area contributed by atoms with Crippen molar-refractivity contribution < 1.29 is 14.3 Å². The third-order valence-corrected chi connectivity index (χ3v) is 5.95. The van der Waals surface area contributed by atoms with E-state index in [1.165, 1.54) is 6.33 Å². The normalized spacial score (nSPS) is 10.6. The van der Waals surface area contributed by atoms with Gasteiger partial charge < -0.3 is 14.8 Å². The van der Waals surface area contributed by atoms with Gasteiger partial charge in [-0.2, -0.15) is 0 Å². The van der Waals surface area contributed by atoms with Crippen molar-refractivity contribution in [1.29, 1.82) is 0 Å². The number of hydrogen-bond acceptors (Lipinski definition) is 7. The molecule has 5 rings (SSSR count). The summed E-state index contributed by atoms with van der Waals surface area (Å²) in [4.78, 5) is 30.5. The highest BCUT2D eigenvalue weighted by Gasteiger charge is 2.15. The lowest BCUT2D eigenvalue weighted by Crippen LogP contribution is -2.12. The van der Waals surface area contributed by atoms with Gasteiger partial charge in [-0.05, 0) is 54.4 Å². The molecule has 0 radical (unpaired) electrons. The van der Waals surface area contributed by atoms with Crippen LogP contribution in [0.1, 0.15) is 34.2 Å². The predicted octanol–water partition coefficient (Wildman–Crippen LogP) is 6.43. The molecule has 0 saturated heterocycles. The molecule has 0 fully saturated rings. The molecule has 0 spiro atoms. The Morgan fingerprint density at radius 1 is 0.897 bits per heavy atom. The van der Waals surface area contributed by atoms with Crippen molar-refractivity contribution in [2.75, 3.05) is 5.32 Å². The summed E-state index contributed by atoms with van der Waals surface area (Å²) in [5, 5.41) is 2.94. The van der Waals surface area contributed by atoms with Gasteiger partial charge in [-0.3, -0.25) is 4.79 Å². The summed E-state index contributed by atoms with van der Waals surface area (Å²) in [6, 6.07) is 26.2. The van der Waals surface area contributed by atoms with Gasteiger partial charge in [0.1, 0.15) is 30.3 Å². The zero-order chi connectivity index (χ0) is 27.0. The molecule has 1 amide bonds. The van der Waals surface area contributed by atoms with Crippen LogP contribution in [0, 0.1) is 6.92 Å². The average Bonchev–Trinajstić information content (AvgIpc) is 2.98. The number of rotatable bonds is 9. The molecule has 3 aromatic carbocycles. The Morgan fingerprint density at radius 3 is 2.62 bits per heavy atom. The zero-order valence-electron chi connectivity index (χ0n) is 21.7. The summed E-state index contributed by atoms with van der Waals surface area (Å²) < 4.78 is 12.1. The molecular formula is C31H27N5O3. The molecule has 0 aliphatic rings. The molecule has 8 nitrogen and oxygen atoms in total. The van der Waals surface area contributed by atoms with Crippen LogP contribution in [0.25, 0.3) is 11.4 Å². The van der Waals surface area contributed by atoms with Gasteiger partial charge in [-0.1, -0.05) is 49.4 Å². The van der Waals surface area contributed by atoms with Crippen LogP contribution < -0.4 is 14.8 Å². The van der Waals surface area contributed by atoms with E-state index in [2.05, 4.69) is 25.3 Å². The van der Waals surface area contributed by atoms with Gasteiger partial charge in [-0.15, -0.1) is 0 Å². The summed E-state index contributed by atoms with van der Waals surface area (Å²) >= 11 is 0. The monoisotopic (exact) mass is 517 g/mol. The number of amides is 1. The number of carbonyl (C=O) groups excluding carboxylic acids is 1. The Morgan fingerprint density at radius 2 is 1.77 bits per heavy atom. The molecule has 0 bridgehead atoms. The summed E-state index contributed by atoms with van der Waals surface area (Å²) in [5.74, 6) is 2.40. The summed E-state index contributed by atoms with van der Waals surface area (Å²) in [7, 11) is 0. The molecule has 0 saturated carbocycles. The number of anilines is 1. The standard InChI is InChI=1S/C31H27N5O3/c1-3-28-33-20-34-29(36-28)26-13-8-16-32-31(26)39-27-17-23(15-14-21(27)2)30(37)35-24-11-7-12-25(18-24)38-19-22-9-5-4-6-10-22/h4-18,20H,3,19H2,1-2H3,(H,35,37). The third-order valence-electron chi connectivity index (χ3n) is 5.95. The number of ether oxygens (including phenoxy) is 2. The van der Waals surface area contributed by atoms with Crippen molar-refractivity contribution in [1.82, 2.24) is 19.9 Å². The first-order valence-corrected chi connectivity index (χ1v) is 12.6. The molecular weight excluding hydrogens is 490 g/mol. The molecule has 0 aliphatic carbocycles. The molecule has 5 aromatic rings. The number of aryl methyl sites for hydroxylation is 2. The van der Waals surface area contributed by atoms with Crippen molar-refractivity contribution in [3.63, 3.8) is 0 Å². The minimum Gasteiger partial charge on any atom is -0.489 e. The van der Waals surface area contributed by atoms with Crippen molar-refractivity contribution in [3.8, 4) is 28.8 Å². The largest absolute Gasteiger partial charge is 0.489 e. The Labute approximate surface area is 226 Å². The molecule has 2 heterocycles. The molecule has 0 unspecified atom stereocenters. The summed E-state index contributed by atoms with van der Waals surface area (Å²) in [5.41, 5.74) is 3.62. The first-order chi connectivity index (χ1) is 19.1. The van der Waals surface area contributed by atoms with Crippen molar-refractivity contribution >= 4 is 11.6 Å². The first kappa shape index (κ1) is 25.5.